The Bertz CT molecular complexity index is 2030. The molecule has 0 amide bonds. The molecule has 0 radical (unpaired) electrons. The molecule has 0 aliphatic heterocycles. The fourth-order valence-electron chi connectivity index (χ4n) is 5.32. The van der Waals surface area contributed by atoms with Gasteiger partial charge in [0.05, 0.1) is 14.2 Å². The molecule has 4 rings (SSSR count). The first-order valence-corrected chi connectivity index (χ1v) is 15.6. The normalized spacial score (nSPS) is 13.7. The van der Waals surface area contributed by atoms with Gasteiger partial charge in [-0.3, -0.25) is 9.59 Å². The summed E-state index contributed by atoms with van der Waals surface area (Å²) in [5.74, 6) is -6.64. The van der Waals surface area contributed by atoms with Crippen LogP contribution in [-0.2, 0) is 14.3 Å². The number of aromatic carboxylic acids is 1. The number of carbonyl (C=O) groups is 5. The summed E-state index contributed by atoms with van der Waals surface area (Å²) in [6, 6.07) is 2.60. The van der Waals surface area contributed by atoms with Crippen molar-refractivity contribution in [1.82, 2.24) is 0 Å². The first-order valence-electron chi connectivity index (χ1n) is 14.8. The highest BCUT2D eigenvalue weighted by Crippen LogP contribution is 2.44. The van der Waals surface area contributed by atoms with Crippen molar-refractivity contribution >= 4 is 45.6 Å². The highest BCUT2D eigenvalue weighted by molar-refractivity contribution is 9.10. The van der Waals surface area contributed by atoms with Gasteiger partial charge < -0.3 is 39.0 Å². The first-order chi connectivity index (χ1) is 23.4. The molecule has 0 fully saturated rings. The molecular formula is C36H33BrO13. The lowest BCUT2D eigenvalue weighted by Gasteiger charge is -2.21. The molecule has 3 aromatic carbocycles. The Kier molecular flexibility index (Phi) is 10.8. The number of benzene rings is 3. The third kappa shape index (κ3) is 6.79. The molecule has 0 aromatic heterocycles. The van der Waals surface area contributed by atoms with E-state index in [9.17, 15) is 39.3 Å². The van der Waals surface area contributed by atoms with E-state index in [4.69, 9.17) is 23.7 Å². The van der Waals surface area contributed by atoms with Crippen LogP contribution >= 0.6 is 15.9 Å². The number of phenols is 2. The lowest BCUT2D eigenvalue weighted by Crippen LogP contribution is -2.25. The number of ether oxygens (including phenoxy) is 5. The topological polar surface area (TPSA) is 192 Å². The van der Waals surface area contributed by atoms with Crippen molar-refractivity contribution in [2.24, 2.45) is 5.92 Å². The molecule has 14 heteroatoms. The van der Waals surface area contributed by atoms with Crippen LogP contribution in [0.1, 0.15) is 64.5 Å². The zero-order valence-electron chi connectivity index (χ0n) is 28.3. The van der Waals surface area contributed by atoms with Crippen molar-refractivity contribution in [2.45, 2.75) is 41.5 Å². The number of hydrogen-bond acceptors (Lipinski definition) is 12. The monoisotopic (exact) mass is 752 g/mol. The molecule has 0 heterocycles. The van der Waals surface area contributed by atoms with Gasteiger partial charge in [-0.25, -0.2) is 14.4 Å². The van der Waals surface area contributed by atoms with Crippen molar-refractivity contribution in [3.8, 4) is 34.5 Å². The molecule has 1 aliphatic rings. The van der Waals surface area contributed by atoms with Crippen molar-refractivity contribution in [3.05, 3.63) is 90.7 Å². The molecule has 3 aromatic rings. The van der Waals surface area contributed by atoms with Crippen LogP contribution < -0.4 is 18.9 Å². The lowest BCUT2D eigenvalue weighted by molar-refractivity contribution is -0.137. The van der Waals surface area contributed by atoms with Gasteiger partial charge >= 0.3 is 23.9 Å². The fraction of sp³-hybridized carbons (Fsp3) is 0.250. The quantitative estimate of drug-likeness (QED) is 0.169. The summed E-state index contributed by atoms with van der Waals surface area (Å²) < 4.78 is 27.0. The van der Waals surface area contributed by atoms with Crippen LogP contribution in [0, 0.1) is 47.5 Å². The van der Waals surface area contributed by atoms with E-state index >= 15 is 0 Å². The van der Waals surface area contributed by atoms with Crippen molar-refractivity contribution in [3.63, 3.8) is 0 Å². The Morgan fingerprint density at radius 1 is 0.700 bits per heavy atom. The molecule has 1 atom stereocenters. The summed E-state index contributed by atoms with van der Waals surface area (Å²) >= 11 is 3.20. The maximum absolute atomic E-state index is 13.5. The van der Waals surface area contributed by atoms with E-state index in [0.717, 1.165) is 6.08 Å². The molecule has 262 valence electrons. The predicted octanol–water partition coefficient (Wildman–Crippen LogP) is 6.05. The minimum atomic E-state index is -1.22. The average molecular weight is 754 g/mol. The third-order valence-corrected chi connectivity index (χ3v) is 9.16. The van der Waals surface area contributed by atoms with Crippen LogP contribution in [0.4, 0.5) is 0 Å². The molecule has 1 unspecified atom stereocenters. The Morgan fingerprint density at radius 3 is 1.86 bits per heavy atom. The molecule has 13 nitrogen and oxygen atoms in total. The number of allylic oxidation sites excluding steroid dienone is 2. The molecule has 1 aliphatic carbocycles. The van der Waals surface area contributed by atoms with E-state index in [1.165, 1.54) is 59.3 Å². The number of esters is 3. The first kappa shape index (κ1) is 37.2. The van der Waals surface area contributed by atoms with Gasteiger partial charge in [-0.1, -0.05) is 6.08 Å². The number of halogens is 1. The van der Waals surface area contributed by atoms with Crippen LogP contribution in [0.5, 0.6) is 34.5 Å². The largest absolute Gasteiger partial charge is 0.507 e. The Balaban J connectivity index is 1.63. The summed E-state index contributed by atoms with van der Waals surface area (Å²) in [6.45, 7) is 9.06. The van der Waals surface area contributed by atoms with Crippen LogP contribution in [-0.4, -0.2) is 59.2 Å². The maximum Gasteiger partial charge on any atom is 0.347 e. The van der Waals surface area contributed by atoms with Gasteiger partial charge in [-0.05, 0) is 97.4 Å². The summed E-state index contributed by atoms with van der Waals surface area (Å²) in [7, 11) is 2.59. The van der Waals surface area contributed by atoms with Gasteiger partial charge in [0, 0.05) is 17.7 Å². The minimum Gasteiger partial charge on any atom is -0.507 e. The standard InChI is InChI=1S/C36H33BrO13/c1-14-11-22(19(6)30(39)26(14)35(44)49-23-13-25(47-8)27(33(41)42)16(3)15(23)2)48-36(45)28-17(4)18(5)32(29(37)31(28)40)50-34(43)21-10-9-20(38)12-24(21)46-7/h9-13,21,39-40H,1-8H3,(H,41,42). The summed E-state index contributed by atoms with van der Waals surface area (Å²) in [6.07, 6.45) is 3.69. The number of aromatic hydroxyl groups is 2. The SMILES string of the molecule is COC1=CC(=O)C=CC1C(=O)Oc1c(C)c(C)c(C(=O)Oc2cc(C)c(C(=O)Oc3cc(OC)c(C(=O)O)c(C)c3C)c(O)c2C)c(O)c1Br. The zero-order valence-corrected chi connectivity index (χ0v) is 29.9. The second-order valence-corrected chi connectivity index (χ2v) is 12.1. The van der Waals surface area contributed by atoms with E-state index < -0.39 is 41.3 Å². The van der Waals surface area contributed by atoms with Crippen LogP contribution in [0.3, 0.4) is 0 Å². The van der Waals surface area contributed by atoms with E-state index in [2.05, 4.69) is 15.9 Å². The molecular weight excluding hydrogens is 720 g/mol. The maximum atomic E-state index is 13.5. The third-order valence-electron chi connectivity index (χ3n) is 8.42. The van der Waals surface area contributed by atoms with E-state index in [0.29, 0.717) is 16.7 Å². The van der Waals surface area contributed by atoms with E-state index in [1.54, 1.807) is 20.8 Å². The zero-order chi connectivity index (χ0) is 37.4. The van der Waals surface area contributed by atoms with Gasteiger partial charge in [0.1, 0.15) is 61.6 Å². The molecule has 50 heavy (non-hydrogen) atoms. The summed E-state index contributed by atoms with van der Waals surface area (Å²) in [5, 5.41) is 31.7. The number of methoxy groups -OCH3 is 2. The number of phenolic OH excluding ortho intramolecular Hbond substituents is 2. The van der Waals surface area contributed by atoms with E-state index in [1.807, 2.05) is 0 Å². The average Bonchev–Trinajstić information content (AvgIpc) is 3.06. The number of carboxylic acid groups (broad SMARTS) is 1. The highest BCUT2D eigenvalue weighted by atomic mass is 79.9. The predicted molar refractivity (Wildman–Crippen MR) is 181 cm³/mol. The van der Waals surface area contributed by atoms with Gasteiger partial charge in [-0.2, -0.15) is 0 Å². The number of carbonyl (C=O) groups excluding carboxylic acids is 4. The second-order valence-electron chi connectivity index (χ2n) is 11.4. The fourth-order valence-corrected chi connectivity index (χ4v) is 5.90. The Labute approximate surface area is 294 Å². The Morgan fingerprint density at radius 2 is 1.28 bits per heavy atom. The van der Waals surface area contributed by atoms with Gasteiger partial charge in [0.25, 0.3) is 0 Å². The smallest absolute Gasteiger partial charge is 0.347 e. The van der Waals surface area contributed by atoms with Crippen LogP contribution in [0.15, 0.2) is 40.6 Å². The van der Waals surface area contributed by atoms with E-state index in [-0.39, 0.29) is 72.4 Å². The number of aryl methyl sites for hydroxylation is 1. The number of ketones is 1. The van der Waals surface area contributed by atoms with Crippen LogP contribution in [0.25, 0.3) is 0 Å². The van der Waals surface area contributed by atoms with Crippen molar-refractivity contribution < 1.29 is 63.0 Å². The summed E-state index contributed by atoms with van der Waals surface area (Å²) in [5.41, 5.74) is 0.806. The molecule has 0 saturated heterocycles. The minimum absolute atomic E-state index is 0.00195. The molecule has 0 spiro atoms. The Hall–Kier alpha value is -5.63. The highest BCUT2D eigenvalue weighted by Gasteiger charge is 2.32. The molecule has 0 saturated carbocycles. The lowest BCUT2D eigenvalue weighted by atomic mass is 9.99. The van der Waals surface area contributed by atoms with Crippen LogP contribution in [0.2, 0.25) is 0 Å². The number of hydrogen-bond donors (Lipinski definition) is 3. The second kappa shape index (κ2) is 14.5. The molecule has 3 N–H and O–H groups in total. The van der Waals surface area contributed by atoms with Gasteiger partial charge in [0.2, 0.25) is 0 Å². The number of carboxylic acids is 1. The van der Waals surface area contributed by atoms with Gasteiger partial charge in [-0.15, -0.1) is 0 Å². The van der Waals surface area contributed by atoms with Crippen molar-refractivity contribution in [1.29, 1.82) is 0 Å². The van der Waals surface area contributed by atoms with Crippen molar-refractivity contribution in [2.75, 3.05) is 14.2 Å². The molecule has 0 bridgehead atoms. The van der Waals surface area contributed by atoms with Gasteiger partial charge in [0.15, 0.2) is 11.5 Å². The number of rotatable bonds is 9. The summed E-state index contributed by atoms with van der Waals surface area (Å²) in [4.78, 5) is 63.3.